The van der Waals surface area contributed by atoms with Crippen LogP contribution >= 0.6 is 11.3 Å². The van der Waals surface area contributed by atoms with Gasteiger partial charge in [0.05, 0.1) is 10.9 Å². The van der Waals surface area contributed by atoms with E-state index in [-0.39, 0.29) is 5.75 Å². The van der Waals surface area contributed by atoms with Gasteiger partial charge in [-0.3, -0.25) is 5.10 Å². The highest BCUT2D eigenvalue weighted by molar-refractivity contribution is 7.16. The third kappa shape index (κ3) is 1.48. The number of nitrogens with zero attached hydrogens (tertiary/aromatic N) is 1. The summed E-state index contributed by atoms with van der Waals surface area (Å²) in [6, 6.07) is 3.05. The van der Waals surface area contributed by atoms with Crippen LogP contribution in [-0.4, -0.2) is 15.3 Å². The summed E-state index contributed by atoms with van der Waals surface area (Å²) in [4.78, 5) is 10.7. The highest BCUT2D eigenvalue weighted by Crippen LogP contribution is 2.36. The Morgan fingerprint density at radius 3 is 2.94 bits per heavy atom. The highest BCUT2D eigenvalue weighted by atomic mass is 32.1. The normalized spacial score (nSPS) is 11.1. The summed E-state index contributed by atoms with van der Waals surface area (Å²) in [6.45, 7) is 0. The van der Waals surface area contributed by atoms with Gasteiger partial charge in [-0.2, -0.15) is 5.10 Å². The molecule has 86 valence electrons. The summed E-state index contributed by atoms with van der Waals surface area (Å²) >= 11 is 0.940. The number of aromatic amines is 1. The summed E-state index contributed by atoms with van der Waals surface area (Å²) in [7, 11) is 0. The Bertz CT molecular complexity index is 756. The summed E-state index contributed by atoms with van der Waals surface area (Å²) in [5.74, 6) is 0.375. The van der Waals surface area contributed by atoms with E-state index in [1.54, 1.807) is 6.07 Å². The lowest BCUT2D eigenvalue weighted by Crippen LogP contribution is -1.87. The van der Waals surface area contributed by atoms with Crippen molar-refractivity contribution in [1.82, 2.24) is 10.2 Å². The number of rotatable bonds is 1. The van der Waals surface area contributed by atoms with Crippen molar-refractivity contribution >= 4 is 27.4 Å². The van der Waals surface area contributed by atoms with E-state index in [1.165, 1.54) is 12.3 Å². The van der Waals surface area contributed by atoms with E-state index in [1.807, 2.05) is 0 Å². The fourth-order valence-corrected chi connectivity index (χ4v) is 2.32. The lowest BCUT2D eigenvalue weighted by Gasteiger charge is -2.02. The van der Waals surface area contributed by atoms with Crippen LogP contribution in [0.5, 0.6) is 5.75 Å². The molecule has 0 spiro atoms. The molecule has 0 unspecified atom stereocenters. The second kappa shape index (κ2) is 3.36. The number of aromatic nitrogens is 2. The maximum Gasteiger partial charge on any atom is 0.396 e. The Balaban J connectivity index is 2.33. The molecule has 1 aromatic carbocycles. The van der Waals surface area contributed by atoms with Crippen molar-refractivity contribution < 1.29 is 9.52 Å². The Labute approximate surface area is 98.3 Å². The average molecular weight is 249 g/mol. The Morgan fingerprint density at radius 2 is 2.24 bits per heavy atom. The van der Waals surface area contributed by atoms with Gasteiger partial charge in [-0.1, -0.05) is 11.3 Å². The fraction of sp³-hybridized carbons (Fsp3) is 0. The number of phenols is 1. The number of fused-ring (bicyclic) bond motifs is 1. The summed E-state index contributed by atoms with van der Waals surface area (Å²) in [6.07, 6.45) is 1.50. The maximum absolute atomic E-state index is 11.1. The molecule has 0 aliphatic carbocycles. The minimum Gasteiger partial charge on any atom is -0.507 e. The van der Waals surface area contributed by atoms with E-state index < -0.39 is 4.94 Å². The van der Waals surface area contributed by atoms with Gasteiger partial charge in [-0.05, 0) is 6.07 Å². The molecule has 3 aromatic rings. The van der Waals surface area contributed by atoms with Crippen LogP contribution in [0.25, 0.3) is 21.4 Å². The number of H-pyrrole nitrogens is 1. The molecule has 0 aliphatic rings. The van der Waals surface area contributed by atoms with E-state index in [2.05, 4.69) is 10.2 Å². The number of benzene rings is 1. The van der Waals surface area contributed by atoms with Gasteiger partial charge in [0.1, 0.15) is 17.2 Å². The maximum atomic E-state index is 11.1. The van der Waals surface area contributed by atoms with Gasteiger partial charge in [0.15, 0.2) is 0 Å². The minimum absolute atomic E-state index is 0.0302. The molecule has 2 heterocycles. The third-order valence-corrected chi connectivity index (χ3v) is 3.20. The molecule has 0 saturated carbocycles. The van der Waals surface area contributed by atoms with E-state index in [0.717, 1.165) is 11.3 Å². The van der Waals surface area contributed by atoms with Crippen molar-refractivity contribution in [3.05, 3.63) is 28.1 Å². The van der Waals surface area contributed by atoms with Crippen LogP contribution in [-0.2, 0) is 0 Å². The number of anilines is 1. The van der Waals surface area contributed by atoms with Crippen LogP contribution in [0.1, 0.15) is 0 Å². The van der Waals surface area contributed by atoms with E-state index in [4.69, 9.17) is 10.2 Å². The molecule has 0 atom stereocenters. The van der Waals surface area contributed by atoms with Crippen molar-refractivity contribution in [3.63, 3.8) is 0 Å². The quantitative estimate of drug-likeness (QED) is 0.606. The minimum atomic E-state index is -0.406. The van der Waals surface area contributed by atoms with E-state index >= 15 is 0 Å². The molecule has 0 amide bonds. The molecule has 3 rings (SSSR count). The van der Waals surface area contributed by atoms with Gasteiger partial charge < -0.3 is 15.3 Å². The van der Waals surface area contributed by atoms with Crippen molar-refractivity contribution in [3.8, 4) is 16.9 Å². The number of phenolic OH excluding ortho intramolecular Hbond substituents is 1. The van der Waals surface area contributed by atoms with Gasteiger partial charge in [0.2, 0.25) is 0 Å². The van der Waals surface area contributed by atoms with Gasteiger partial charge in [-0.25, -0.2) is 4.79 Å². The largest absolute Gasteiger partial charge is 0.507 e. The summed E-state index contributed by atoms with van der Waals surface area (Å²) in [5, 5.41) is 16.2. The molecule has 2 aromatic heterocycles. The van der Waals surface area contributed by atoms with Gasteiger partial charge in [0.25, 0.3) is 0 Å². The van der Waals surface area contributed by atoms with Crippen LogP contribution in [0.4, 0.5) is 5.82 Å². The van der Waals surface area contributed by atoms with Gasteiger partial charge in [-0.15, -0.1) is 0 Å². The first-order chi connectivity index (χ1) is 8.15. The Hall–Kier alpha value is -2.28. The Morgan fingerprint density at radius 1 is 1.41 bits per heavy atom. The SMILES string of the molecule is Nc1[nH]ncc1-c1cc2oc(=O)sc2cc1O. The number of nitrogen functional groups attached to an aromatic ring is 1. The van der Waals surface area contributed by atoms with Crippen molar-refractivity contribution in [2.75, 3.05) is 5.73 Å². The van der Waals surface area contributed by atoms with E-state index in [0.29, 0.717) is 27.2 Å². The van der Waals surface area contributed by atoms with Crippen LogP contribution in [0.15, 0.2) is 27.5 Å². The second-order valence-corrected chi connectivity index (χ2v) is 4.44. The predicted octanol–water partition coefficient (Wildman–Crippen LogP) is 1.53. The molecule has 6 nitrogen and oxygen atoms in total. The highest BCUT2D eigenvalue weighted by Gasteiger charge is 2.13. The molecule has 0 bridgehead atoms. The van der Waals surface area contributed by atoms with E-state index in [9.17, 15) is 9.90 Å². The predicted molar refractivity (Wildman–Crippen MR) is 64.0 cm³/mol. The van der Waals surface area contributed by atoms with Crippen LogP contribution in [0.3, 0.4) is 0 Å². The summed E-state index contributed by atoms with van der Waals surface area (Å²) < 4.78 is 5.58. The van der Waals surface area contributed by atoms with Crippen LogP contribution < -0.4 is 10.7 Å². The number of aromatic hydroxyl groups is 1. The fourth-order valence-electron chi connectivity index (χ4n) is 1.64. The lowest BCUT2D eigenvalue weighted by molar-refractivity contribution is 0.477. The molecule has 4 N–H and O–H groups in total. The molecule has 0 saturated heterocycles. The molecule has 7 heteroatoms. The van der Waals surface area contributed by atoms with Crippen LogP contribution in [0.2, 0.25) is 0 Å². The van der Waals surface area contributed by atoms with Crippen molar-refractivity contribution in [2.45, 2.75) is 0 Å². The van der Waals surface area contributed by atoms with Crippen molar-refractivity contribution in [1.29, 1.82) is 0 Å². The monoisotopic (exact) mass is 249 g/mol. The zero-order chi connectivity index (χ0) is 12.0. The van der Waals surface area contributed by atoms with Gasteiger partial charge >= 0.3 is 4.94 Å². The van der Waals surface area contributed by atoms with Crippen molar-refractivity contribution in [2.24, 2.45) is 0 Å². The standard InChI is InChI=1S/C10H7N3O3S/c11-9-5(3-12-13-9)4-1-7-8(2-6(4)14)17-10(15)16-7/h1-3,14H,(H3,11,12,13). The lowest BCUT2D eigenvalue weighted by atomic mass is 10.1. The smallest absolute Gasteiger partial charge is 0.396 e. The Kier molecular flexibility index (Phi) is 1.96. The number of hydrogen-bond acceptors (Lipinski definition) is 6. The first-order valence-corrected chi connectivity index (χ1v) is 5.52. The van der Waals surface area contributed by atoms with Crippen LogP contribution in [0, 0.1) is 0 Å². The zero-order valence-electron chi connectivity index (χ0n) is 8.43. The first-order valence-electron chi connectivity index (χ1n) is 4.71. The average Bonchev–Trinajstić information content (AvgIpc) is 2.82. The topological polar surface area (TPSA) is 105 Å². The molecule has 0 aliphatic heterocycles. The number of hydrogen-bond donors (Lipinski definition) is 3. The number of nitrogens with two attached hydrogens (primary N) is 1. The second-order valence-electron chi connectivity index (χ2n) is 3.47. The zero-order valence-corrected chi connectivity index (χ0v) is 9.25. The summed E-state index contributed by atoms with van der Waals surface area (Å²) in [5.41, 5.74) is 7.14. The number of nitrogens with one attached hydrogen (secondary N) is 1. The first kappa shape index (κ1) is 9.91. The van der Waals surface area contributed by atoms with Gasteiger partial charge in [0, 0.05) is 17.2 Å². The third-order valence-electron chi connectivity index (χ3n) is 2.41. The molecule has 17 heavy (non-hydrogen) atoms. The molecular formula is C10H7N3O3S. The molecule has 0 fully saturated rings. The molecular weight excluding hydrogens is 242 g/mol. The molecule has 0 radical (unpaired) electrons.